The minimum Gasteiger partial charge on any atom is -0.385 e. The number of likely N-dealkylation sites (tertiary alicyclic amines) is 1. The van der Waals surface area contributed by atoms with Crippen molar-refractivity contribution in [2.45, 2.75) is 24.9 Å². The Hall–Kier alpha value is -1.17. The summed E-state index contributed by atoms with van der Waals surface area (Å²) < 4.78 is 24.3. The summed E-state index contributed by atoms with van der Waals surface area (Å²) in [4.78, 5) is 14.2. The SMILES string of the molecule is COCC[C@@H]1CCOC2(C1)CN(C(=O)c1ccc(F)c(Cl)c1)C2. The minimum atomic E-state index is -0.514. The lowest BCUT2D eigenvalue weighted by atomic mass is 9.79. The van der Waals surface area contributed by atoms with Gasteiger partial charge >= 0.3 is 0 Å². The maximum atomic E-state index is 13.2. The van der Waals surface area contributed by atoms with E-state index < -0.39 is 5.82 Å². The number of nitrogens with zero attached hydrogens (tertiary/aromatic N) is 1. The van der Waals surface area contributed by atoms with Gasteiger partial charge in [-0.2, -0.15) is 0 Å². The first-order chi connectivity index (χ1) is 11.0. The van der Waals surface area contributed by atoms with Gasteiger partial charge < -0.3 is 14.4 Å². The topological polar surface area (TPSA) is 38.8 Å². The average Bonchev–Trinajstić information content (AvgIpc) is 2.52. The van der Waals surface area contributed by atoms with E-state index in [2.05, 4.69) is 0 Å². The van der Waals surface area contributed by atoms with Gasteiger partial charge in [0.05, 0.1) is 18.1 Å². The second kappa shape index (κ2) is 6.75. The predicted molar refractivity (Wildman–Crippen MR) is 85.2 cm³/mol. The molecule has 0 bridgehead atoms. The Labute approximate surface area is 140 Å². The summed E-state index contributed by atoms with van der Waals surface area (Å²) in [6.07, 6.45) is 3.04. The third kappa shape index (κ3) is 3.52. The summed E-state index contributed by atoms with van der Waals surface area (Å²) in [5, 5.41) is -0.0281. The van der Waals surface area contributed by atoms with Crippen molar-refractivity contribution in [3.05, 3.63) is 34.6 Å². The molecule has 0 aromatic heterocycles. The number of benzene rings is 1. The Bertz CT molecular complexity index is 589. The third-order valence-electron chi connectivity index (χ3n) is 4.74. The van der Waals surface area contributed by atoms with Gasteiger partial charge in [0, 0.05) is 25.9 Å². The molecule has 126 valence electrons. The zero-order valence-electron chi connectivity index (χ0n) is 13.2. The Morgan fingerprint density at radius 2 is 2.30 bits per heavy atom. The molecule has 1 amide bonds. The molecule has 3 rings (SSSR count). The van der Waals surface area contributed by atoms with E-state index in [9.17, 15) is 9.18 Å². The minimum absolute atomic E-state index is 0.0281. The molecule has 6 heteroatoms. The highest BCUT2D eigenvalue weighted by atomic mass is 35.5. The summed E-state index contributed by atoms with van der Waals surface area (Å²) in [6, 6.07) is 4.08. The highest BCUT2D eigenvalue weighted by molar-refractivity contribution is 6.31. The zero-order valence-corrected chi connectivity index (χ0v) is 13.9. The van der Waals surface area contributed by atoms with Gasteiger partial charge in [0.15, 0.2) is 0 Å². The average molecular weight is 342 g/mol. The lowest BCUT2D eigenvalue weighted by molar-refractivity contribution is -0.167. The Balaban J connectivity index is 1.59. The van der Waals surface area contributed by atoms with Crippen LogP contribution in [0.5, 0.6) is 0 Å². The van der Waals surface area contributed by atoms with Crippen molar-refractivity contribution >= 4 is 17.5 Å². The highest BCUT2D eigenvalue weighted by Crippen LogP contribution is 2.38. The molecule has 1 aromatic rings. The molecule has 1 spiro atoms. The van der Waals surface area contributed by atoms with Crippen molar-refractivity contribution in [1.82, 2.24) is 4.90 Å². The number of hydrogen-bond acceptors (Lipinski definition) is 3. The molecule has 1 atom stereocenters. The van der Waals surface area contributed by atoms with Crippen LogP contribution >= 0.6 is 11.6 Å². The first-order valence-electron chi connectivity index (χ1n) is 7.90. The molecule has 2 fully saturated rings. The Morgan fingerprint density at radius 3 is 3.00 bits per heavy atom. The second-order valence-corrected chi connectivity index (χ2v) is 6.87. The molecule has 2 saturated heterocycles. The molecule has 0 radical (unpaired) electrons. The monoisotopic (exact) mass is 341 g/mol. The summed E-state index contributed by atoms with van der Waals surface area (Å²) in [6.45, 7) is 2.67. The fourth-order valence-corrected chi connectivity index (χ4v) is 3.67. The molecule has 4 nitrogen and oxygen atoms in total. The van der Waals surface area contributed by atoms with E-state index in [0.717, 1.165) is 32.5 Å². The molecule has 0 unspecified atom stereocenters. The summed E-state index contributed by atoms with van der Waals surface area (Å²) >= 11 is 5.75. The lowest BCUT2D eigenvalue weighted by Gasteiger charge is -2.53. The van der Waals surface area contributed by atoms with Gasteiger partial charge in [-0.1, -0.05) is 11.6 Å². The molecule has 2 heterocycles. The molecular formula is C17H21ClFNO3. The van der Waals surface area contributed by atoms with E-state index in [-0.39, 0.29) is 16.5 Å². The van der Waals surface area contributed by atoms with E-state index in [4.69, 9.17) is 21.1 Å². The first kappa shape index (κ1) is 16.7. The van der Waals surface area contributed by atoms with Crippen molar-refractivity contribution in [2.75, 3.05) is 33.4 Å². The van der Waals surface area contributed by atoms with Gasteiger partial charge in [0.2, 0.25) is 0 Å². The summed E-state index contributed by atoms with van der Waals surface area (Å²) in [5.74, 6) is -0.0544. The normalized spacial score (nSPS) is 22.9. The number of methoxy groups -OCH3 is 1. The molecule has 2 aliphatic rings. The molecule has 2 aliphatic heterocycles. The number of carbonyl (C=O) groups is 1. The predicted octanol–water partition coefficient (Wildman–Crippen LogP) is 3.14. The molecule has 0 N–H and O–H groups in total. The van der Waals surface area contributed by atoms with E-state index in [0.29, 0.717) is 24.6 Å². The van der Waals surface area contributed by atoms with Crippen molar-refractivity contribution in [3.63, 3.8) is 0 Å². The van der Waals surface area contributed by atoms with E-state index >= 15 is 0 Å². The van der Waals surface area contributed by atoms with Crippen LogP contribution in [-0.4, -0.2) is 49.8 Å². The first-order valence-corrected chi connectivity index (χ1v) is 8.28. The van der Waals surface area contributed by atoms with Gasteiger partial charge in [-0.05, 0) is 43.4 Å². The largest absolute Gasteiger partial charge is 0.385 e. The van der Waals surface area contributed by atoms with Gasteiger partial charge in [-0.15, -0.1) is 0 Å². The van der Waals surface area contributed by atoms with E-state index in [1.54, 1.807) is 12.0 Å². The number of amides is 1. The van der Waals surface area contributed by atoms with Gasteiger partial charge in [0.25, 0.3) is 5.91 Å². The molecule has 0 saturated carbocycles. The van der Waals surface area contributed by atoms with Gasteiger partial charge in [-0.3, -0.25) is 4.79 Å². The number of carbonyl (C=O) groups excluding carboxylic acids is 1. The maximum Gasteiger partial charge on any atom is 0.254 e. The number of hydrogen-bond donors (Lipinski definition) is 0. The zero-order chi connectivity index (χ0) is 16.4. The van der Waals surface area contributed by atoms with Gasteiger partial charge in [-0.25, -0.2) is 4.39 Å². The number of rotatable bonds is 4. The second-order valence-electron chi connectivity index (χ2n) is 6.46. The number of halogens is 2. The third-order valence-corrected chi connectivity index (χ3v) is 5.03. The highest BCUT2D eigenvalue weighted by Gasteiger charge is 2.49. The standard InChI is InChI=1S/C17H21ClFNO3/c1-22-6-4-12-5-7-23-17(9-12)10-20(11-17)16(21)13-2-3-15(19)14(18)8-13/h2-3,8,12H,4-7,9-11H2,1H3/t12-/m1/s1. The maximum absolute atomic E-state index is 13.2. The summed E-state index contributed by atoms with van der Waals surface area (Å²) in [5.41, 5.74) is 0.203. The van der Waals surface area contributed by atoms with Crippen molar-refractivity contribution < 1.29 is 18.7 Å². The molecular weight excluding hydrogens is 321 g/mol. The van der Waals surface area contributed by atoms with Crippen LogP contribution in [0.4, 0.5) is 4.39 Å². The van der Waals surface area contributed by atoms with Crippen LogP contribution in [0.15, 0.2) is 18.2 Å². The number of ether oxygens (including phenoxy) is 2. The Kier molecular flexibility index (Phi) is 4.90. The van der Waals surface area contributed by atoms with Crippen LogP contribution in [-0.2, 0) is 9.47 Å². The van der Waals surface area contributed by atoms with Crippen LogP contribution in [0, 0.1) is 11.7 Å². The van der Waals surface area contributed by atoms with Gasteiger partial charge in [0.1, 0.15) is 11.4 Å². The van der Waals surface area contributed by atoms with Crippen LogP contribution in [0.25, 0.3) is 0 Å². The molecule has 0 aliphatic carbocycles. The van der Waals surface area contributed by atoms with Crippen LogP contribution < -0.4 is 0 Å². The van der Waals surface area contributed by atoms with Crippen LogP contribution in [0.2, 0.25) is 5.02 Å². The fraction of sp³-hybridized carbons (Fsp3) is 0.588. The molecule has 1 aromatic carbocycles. The van der Waals surface area contributed by atoms with E-state index in [1.807, 2.05) is 0 Å². The van der Waals surface area contributed by atoms with Crippen LogP contribution in [0.1, 0.15) is 29.6 Å². The fourth-order valence-electron chi connectivity index (χ4n) is 3.49. The van der Waals surface area contributed by atoms with E-state index in [1.165, 1.54) is 18.2 Å². The van der Waals surface area contributed by atoms with Crippen molar-refractivity contribution in [2.24, 2.45) is 5.92 Å². The molecule has 23 heavy (non-hydrogen) atoms. The summed E-state index contributed by atoms with van der Waals surface area (Å²) in [7, 11) is 1.71. The van der Waals surface area contributed by atoms with Crippen molar-refractivity contribution in [3.8, 4) is 0 Å². The quantitative estimate of drug-likeness (QED) is 0.844. The smallest absolute Gasteiger partial charge is 0.254 e. The van der Waals surface area contributed by atoms with Crippen LogP contribution in [0.3, 0.4) is 0 Å². The van der Waals surface area contributed by atoms with Crippen molar-refractivity contribution in [1.29, 1.82) is 0 Å². The lowest BCUT2D eigenvalue weighted by Crippen LogP contribution is -2.66. The Morgan fingerprint density at radius 1 is 1.52 bits per heavy atom.